The molecule has 1 fully saturated rings. The zero-order valence-electron chi connectivity index (χ0n) is 12.9. The van der Waals surface area contributed by atoms with Gasteiger partial charge in [0.15, 0.2) is 12.0 Å². The van der Waals surface area contributed by atoms with E-state index >= 15 is 0 Å². The summed E-state index contributed by atoms with van der Waals surface area (Å²) in [5, 5.41) is 9.24. The van der Waals surface area contributed by atoms with Crippen LogP contribution in [0.1, 0.15) is 25.5 Å². The first-order chi connectivity index (χ1) is 11.3. The first-order valence-electron chi connectivity index (χ1n) is 8.03. The molecule has 1 atom stereocenters. The van der Waals surface area contributed by atoms with E-state index in [0.717, 1.165) is 47.5 Å². The Morgan fingerprint density at radius 3 is 2.87 bits per heavy atom. The highest BCUT2D eigenvalue weighted by Crippen LogP contribution is 2.31. The minimum Gasteiger partial charge on any atom is -0.399 e. The minimum atomic E-state index is 0.0186. The molecule has 0 bridgehead atoms. The van der Waals surface area contributed by atoms with Crippen molar-refractivity contribution in [3.05, 3.63) is 48.5 Å². The Balaban J connectivity index is 1.74. The summed E-state index contributed by atoms with van der Waals surface area (Å²) in [6, 6.07) is 15.9. The molecule has 3 aromatic rings. The van der Waals surface area contributed by atoms with Crippen LogP contribution in [0.4, 0.5) is 17.2 Å². The van der Waals surface area contributed by atoms with Crippen LogP contribution in [0.15, 0.2) is 48.5 Å². The lowest BCUT2D eigenvalue weighted by molar-refractivity contribution is -0.0365. The summed E-state index contributed by atoms with van der Waals surface area (Å²) in [6.45, 7) is 0.802. The average molecular weight is 308 g/mol. The third-order valence-corrected chi connectivity index (χ3v) is 4.19. The predicted octanol–water partition coefficient (Wildman–Crippen LogP) is 4.06. The molecule has 3 N–H and O–H groups in total. The lowest BCUT2D eigenvalue weighted by atomic mass is 10.2. The number of hydrogen-bond acceptors (Lipinski definition) is 4. The number of benzene rings is 2. The van der Waals surface area contributed by atoms with E-state index in [-0.39, 0.29) is 6.23 Å². The quantitative estimate of drug-likeness (QED) is 0.716. The Kier molecular flexibility index (Phi) is 3.63. The molecule has 0 radical (unpaired) electrons. The maximum Gasteiger partial charge on any atom is 0.160 e. The standard InChI is InChI=1S/C18H20N4O/c19-13-6-5-7-14(12-13)20-18-15-8-1-2-9-16(15)22(21-18)17-10-3-4-11-23-17/h1-2,5-9,12,17H,3-4,10-11,19H2,(H,20,21). The third-order valence-electron chi connectivity index (χ3n) is 4.19. The number of anilines is 3. The number of nitrogens with zero attached hydrogens (tertiary/aromatic N) is 2. The van der Waals surface area contributed by atoms with Crippen LogP contribution in [-0.2, 0) is 4.74 Å². The van der Waals surface area contributed by atoms with E-state index in [1.807, 2.05) is 41.1 Å². The van der Waals surface area contributed by atoms with Crippen LogP contribution in [-0.4, -0.2) is 16.4 Å². The van der Waals surface area contributed by atoms with Gasteiger partial charge in [0, 0.05) is 23.4 Å². The summed E-state index contributed by atoms with van der Waals surface area (Å²) in [5.74, 6) is 0.834. The Hall–Kier alpha value is -2.53. The Bertz CT molecular complexity index is 821. The maximum absolute atomic E-state index is 5.91. The van der Waals surface area contributed by atoms with E-state index in [1.165, 1.54) is 6.42 Å². The molecule has 2 aromatic carbocycles. The van der Waals surface area contributed by atoms with Gasteiger partial charge in [-0.1, -0.05) is 18.2 Å². The van der Waals surface area contributed by atoms with Gasteiger partial charge in [-0.25, -0.2) is 4.68 Å². The van der Waals surface area contributed by atoms with Crippen LogP contribution in [0.3, 0.4) is 0 Å². The molecular weight excluding hydrogens is 288 g/mol. The summed E-state index contributed by atoms with van der Waals surface area (Å²) in [5.41, 5.74) is 8.62. The molecular formula is C18H20N4O. The Morgan fingerprint density at radius 2 is 2.04 bits per heavy atom. The van der Waals surface area contributed by atoms with Gasteiger partial charge in [-0.3, -0.25) is 0 Å². The van der Waals surface area contributed by atoms with Crippen molar-refractivity contribution in [2.75, 3.05) is 17.7 Å². The molecule has 1 aliphatic rings. The third kappa shape index (κ3) is 2.75. The second-order valence-electron chi connectivity index (χ2n) is 5.88. The molecule has 0 saturated carbocycles. The molecule has 0 spiro atoms. The maximum atomic E-state index is 5.91. The Morgan fingerprint density at radius 1 is 1.13 bits per heavy atom. The normalized spacial score (nSPS) is 18.2. The number of rotatable bonds is 3. The van der Waals surface area contributed by atoms with E-state index in [1.54, 1.807) is 0 Å². The number of nitrogens with one attached hydrogen (secondary N) is 1. The molecule has 0 amide bonds. The van der Waals surface area contributed by atoms with Crippen molar-refractivity contribution in [1.29, 1.82) is 0 Å². The SMILES string of the molecule is Nc1cccc(Nc2nn(C3CCCCO3)c3ccccc23)c1. The highest BCUT2D eigenvalue weighted by Gasteiger charge is 2.20. The second kappa shape index (κ2) is 5.93. The summed E-state index contributed by atoms with van der Waals surface area (Å²) >= 11 is 0. The second-order valence-corrected chi connectivity index (χ2v) is 5.88. The number of nitrogens with two attached hydrogens (primary N) is 1. The van der Waals surface area contributed by atoms with Crippen LogP contribution in [0.25, 0.3) is 10.9 Å². The summed E-state index contributed by atoms with van der Waals surface area (Å²) in [6.07, 6.45) is 3.33. The molecule has 1 saturated heterocycles. The molecule has 1 aromatic heterocycles. The molecule has 1 aliphatic heterocycles. The smallest absolute Gasteiger partial charge is 0.160 e. The number of para-hydroxylation sites is 1. The van der Waals surface area contributed by atoms with Gasteiger partial charge < -0.3 is 15.8 Å². The zero-order valence-corrected chi connectivity index (χ0v) is 12.9. The van der Waals surface area contributed by atoms with Gasteiger partial charge in [0.2, 0.25) is 0 Å². The van der Waals surface area contributed by atoms with Gasteiger partial charge in [-0.05, 0) is 49.6 Å². The molecule has 2 heterocycles. The van der Waals surface area contributed by atoms with Crippen molar-refractivity contribution in [2.24, 2.45) is 0 Å². The van der Waals surface area contributed by atoms with E-state index in [0.29, 0.717) is 0 Å². The molecule has 5 nitrogen and oxygen atoms in total. The van der Waals surface area contributed by atoms with Gasteiger partial charge in [0.1, 0.15) is 0 Å². The topological polar surface area (TPSA) is 65.1 Å². The predicted molar refractivity (Wildman–Crippen MR) is 92.7 cm³/mol. The van der Waals surface area contributed by atoms with E-state index in [4.69, 9.17) is 15.6 Å². The van der Waals surface area contributed by atoms with Crippen molar-refractivity contribution in [2.45, 2.75) is 25.5 Å². The number of hydrogen-bond donors (Lipinski definition) is 2. The fourth-order valence-electron chi connectivity index (χ4n) is 3.07. The number of aromatic nitrogens is 2. The highest BCUT2D eigenvalue weighted by atomic mass is 16.5. The summed E-state index contributed by atoms with van der Waals surface area (Å²) in [4.78, 5) is 0. The van der Waals surface area contributed by atoms with Gasteiger partial charge in [0.05, 0.1) is 5.52 Å². The van der Waals surface area contributed by atoms with Crippen LogP contribution in [0, 0.1) is 0 Å². The molecule has 4 rings (SSSR count). The fourth-order valence-corrected chi connectivity index (χ4v) is 3.07. The Labute approximate surface area is 135 Å². The van der Waals surface area contributed by atoms with Gasteiger partial charge in [0.25, 0.3) is 0 Å². The molecule has 5 heteroatoms. The summed E-state index contributed by atoms with van der Waals surface area (Å²) < 4.78 is 7.91. The van der Waals surface area contributed by atoms with Crippen molar-refractivity contribution >= 4 is 28.1 Å². The van der Waals surface area contributed by atoms with Crippen molar-refractivity contribution in [1.82, 2.24) is 9.78 Å². The molecule has 1 unspecified atom stereocenters. The van der Waals surface area contributed by atoms with Crippen molar-refractivity contribution in [3.8, 4) is 0 Å². The van der Waals surface area contributed by atoms with Gasteiger partial charge in [-0.2, -0.15) is 5.10 Å². The average Bonchev–Trinajstić information content (AvgIpc) is 2.95. The lowest BCUT2D eigenvalue weighted by Crippen LogP contribution is -2.19. The molecule has 23 heavy (non-hydrogen) atoms. The van der Waals surface area contributed by atoms with Gasteiger partial charge in [-0.15, -0.1) is 0 Å². The van der Waals surface area contributed by atoms with E-state index in [9.17, 15) is 0 Å². The lowest BCUT2D eigenvalue weighted by Gasteiger charge is -2.23. The van der Waals surface area contributed by atoms with E-state index < -0.39 is 0 Å². The number of fused-ring (bicyclic) bond motifs is 1. The van der Waals surface area contributed by atoms with Crippen LogP contribution >= 0.6 is 0 Å². The minimum absolute atomic E-state index is 0.0186. The monoisotopic (exact) mass is 308 g/mol. The first kappa shape index (κ1) is 14.1. The number of ether oxygens (including phenoxy) is 1. The van der Waals surface area contributed by atoms with Crippen molar-refractivity contribution in [3.63, 3.8) is 0 Å². The summed E-state index contributed by atoms with van der Waals surface area (Å²) in [7, 11) is 0. The fraction of sp³-hybridized carbons (Fsp3) is 0.278. The van der Waals surface area contributed by atoms with Gasteiger partial charge >= 0.3 is 0 Å². The van der Waals surface area contributed by atoms with Crippen LogP contribution < -0.4 is 11.1 Å². The largest absolute Gasteiger partial charge is 0.399 e. The van der Waals surface area contributed by atoms with E-state index in [2.05, 4.69) is 17.4 Å². The van der Waals surface area contributed by atoms with Crippen LogP contribution in [0.2, 0.25) is 0 Å². The highest BCUT2D eigenvalue weighted by molar-refractivity contribution is 5.92. The molecule has 118 valence electrons. The molecule has 0 aliphatic carbocycles. The van der Waals surface area contributed by atoms with Crippen molar-refractivity contribution < 1.29 is 4.74 Å². The van der Waals surface area contributed by atoms with Crippen LogP contribution in [0.5, 0.6) is 0 Å². The number of nitrogen functional groups attached to an aromatic ring is 1. The zero-order chi connectivity index (χ0) is 15.6. The first-order valence-corrected chi connectivity index (χ1v) is 8.03.